The summed E-state index contributed by atoms with van der Waals surface area (Å²) in [7, 11) is 0. The average molecular weight is 332 g/mol. The highest BCUT2D eigenvalue weighted by atomic mass is 32.7. The Labute approximate surface area is 129 Å². The van der Waals surface area contributed by atoms with Crippen molar-refractivity contribution in [1.82, 2.24) is 0 Å². The highest BCUT2D eigenvalue weighted by Crippen LogP contribution is 2.60. The van der Waals surface area contributed by atoms with E-state index in [4.69, 9.17) is 18.5 Å². The van der Waals surface area contributed by atoms with Crippen LogP contribution < -0.4 is 4.52 Å². The number of ether oxygens (including phenoxy) is 2. The van der Waals surface area contributed by atoms with Gasteiger partial charge in [0.2, 0.25) is 0 Å². The van der Waals surface area contributed by atoms with Crippen molar-refractivity contribution in [2.24, 2.45) is 0 Å². The predicted octanol–water partition coefficient (Wildman–Crippen LogP) is 4.40. The lowest BCUT2D eigenvalue weighted by Crippen LogP contribution is -2.03. The van der Waals surface area contributed by atoms with Gasteiger partial charge in [0, 0.05) is 5.75 Å². The van der Waals surface area contributed by atoms with Gasteiger partial charge < -0.3 is 14.0 Å². The summed E-state index contributed by atoms with van der Waals surface area (Å²) in [5.41, 5.74) is 0.743. The molecule has 0 N–H and O–H groups in total. The average Bonchev–Trinajstić information content (AvgIpc) is 3.00. The second kappa shape index (κ2) is 8.20. The fraction of sp³-hybridized carbons (Fsp3) is 0.571. The van der Waals surface area contributed by atoms with E-state index >= 15 is 0 Å². The van der Waals surface area contributed by atoms with Gasteiger partial charge >= 0.3 is 6.80 Å². The first-order chi connectivity index (χ1) is 10.2. The molecule has 1 aromatic carbocycles. The topological polar surface area (TPSA) is 54.0 Å². The van der Waals surface area contributed by atoms with Crippen LogP contribution in [0.4, 0.5) is 0 Å². The normalized spacial score (nSPS) is 18.6. The van der Waals surface area contributed by atoms with Crippen LogP contribution in [0.2, 0.25) is 0 Å². The minimum Gasteiger partial charge on any atom is -0.416 e. The third-order valence-electron chi connectivity index (χ3n) is 2.75. The molecule has 118 valence electrons. The van der Waals surface area contributed by atoms with E-state index in [2.05, 4.69) is 0 Å². The summed E-state index contributed by atoms with van der Waals surface area (Å²) in [6, 6.07) is 7.32. The first kappa shape index (κ1) is 16.8. The molecular formula is C14H21O5PS. The Bertz CT molecular complexity index is 490. The van der Waals surface area contributed by atoms with E-state index in [1.54, 1.807) is 13.0 Å². The van der Waals surface area contributed by atoms with Gasteiger partial charge in [-0.05, 0) is 30.8 Å². The molecule has 1 saturated heterocycles. The summed E-state index contributed by atoms with van der Waals surface area (Å²) in [6.45, 7) is 2.05. The van der Waals surface area contributed by atoms with E-state index < -0.39 is 13.1 Å². The van der Waals surface area contributed by atoms with Gasteiger partial charge in [-0.3, -0.25) is 4.52 Å². The molecular weight excluding hydrogens is 311 g/mol. The molecule has 1 heterocycles. The van der Waals surface area contributed by atoms with Crippen LogP contribution in [0.25, 0.3) is 0 Å². The van der Waals surface area contributed by atoms with Crippen molar-refractivity contribution in [3.63, 3.8) is 0 Å². The highest BCUT2D eigenvalue weighted by Gasteiger charge is 2.30. The van der Waals surface area contributed by atoms with Gasteiger partial charge in [-0.15, -0.1) is 0 Å². The molecule has 0 aliphatic carbocycles. The first-order valence-electron chi connectivity index (χ1n) is 7.09. The third-order valence-corrected chi connectivity index (χ3v) is 6.68. The molecule has 0 amide bonds. The molecule has 1 unspecified atom stereocenters. The maximum Gasteiger partial charge on any atom is 0.440 e. The molecule has 1 aliphatic heterocycles. The zero-order valence-corrected chi connectivity index (χ0v) is 14.0. The lowest BCUT2D eigenvalue weighted by atomic mass is 10.2. The van der Waals surface area contributed by atoms with E-state index in [-0.39, 0.29) is 0 Å². The monoisotopic (exact) mass is 332 g/mol. The lowest BCUT2D eigenvalue weighted by molar-refractivity contribution is -0.0450. The standard InChI is InChI=1S/C14H21O5PS/c1-3-11-21-20(15,18-4-2)19-13-8-6-5-7-12(13)14-16-9-10-17-14/h5-8,14H,3-4,9-11H2,1-2H3. The molecule has 0 aromatic heterocycles. The summed E-state index contributed by atoms with van der Waals surface area (Å²) >= 11 is 1.22. The van der Waals surface area contributed by atoms with Gasteiger partial charge in [0.25, 0.3) is 0 Å². The van der Waals surface area contributed by atoms with Crippen molar-refractivity contribution < 1.29 is 23.1 Å². The summed E-state index contributed by atoms with van der Waals surface area (Å²) in [5.74, 6) is 1.21. The van der Waals surface area contributed by atoms with Gasteiger partial charge in [0.1, 0.15) is 5.75 Å². The van der Waals surface area contributed by atoms with Crippen LogP contribution in [-0.2, 0) is 18.6 Å². The Kier molecular flexibility index (Phi) is 6.58. The molecule has 0 radical (unpaired) electrons. The predicted molar refractivity (Wildman–Crippen MR) is 83.7 cm³/mol. The first-order valence-corrected chi connectivity index (χ1v) is 10.2. The fourth-order valence-electron chi connectivity index (χ4n) is 1.87. The van der Waals surface area contributed by atoms with E-state index in [0.717, 1.165) is 17.7 Å². The van der Waals surface area contributed by atoms with Crippen molar-refractivity contribution in [2.75, 3.05) is 25.6 Å². The summed E-state index contributed by atoms with van der Waals surface area (Å²) in [6.07, 6.45) is 0.439. The van der Waals surface area contributed by atoms with Gasteiger partial charge in [0.15, 0.2) is 6.29 Å². The summed E-state index contributed by atoms with van der Waals surface area (Å²) in [4.78, 5) is 0. The molecule has 0 bridgehead atoms. The maximum atomic E-state index is 12.7. The number of hydrogen-bond acceptors (Lipinski definition) is 6. The highest BCUT2D eigenvalue weighted by molar-refractivity contribution is 8.55. The zero-order chi connectivity index (χ0) is 15.1. The largest absolute Gasteiger partial charge is 0.440 e. The number of hydrogen-bond donors (Lipinski definition) is 0. The van der Waals surface area contributed by atoms with Gasteiger partial charge in [-0.1, -0.05) is 25.1 Å². The summed E-state index contributed by atoms with van der Waals surface area (Å²) < 4.78 is 34.8. The van der Waals surface area contributed by atoms with Crippen molar-refractivity contribution in [3.05, 3.63) is 29.8 Å². The third kappa shape index (κ3) is 4.73. The molecule has 1 aromatic rings. The Morgan fingerprint density at radius 3 is 2.67 bits per heavy atom. The van der Waals surface area contributed by atoms with Gasteiger partial charge in [0.05, 0.1) is 25.4 Å². The second-order valence-electron chi connectivity index (χ2n) is 4.40. The Morgan fingerprint density at radius 2 is 2.00 bits per heavy atom. The Hall–Kier alpha value is -0.520. The van der Waals surface area contributed by atoms with E-state index in [0.29, 0.717) is 25.6 Å². The van der Waals surface area contributed by atoms with Gasteiger partial charge in [-0.2, -0.15) is 0 Å². The van der Waals surface area contributed by atoms with Gasteiger partial charge in [-0.25, -0.2) is 4.57 Å². The number of para-hydroxylation sites is 1. The SMILES string of the molecule is CCCSP(=O)(OCC)Oc1ccccc1C1OCCO1. The molecule has 5 nitrogen and oxygen atoms in total. The van der Waals surface area contributed by atoms with Crippen molar-refractivity contribution in [1.29, 1.82) is 0 Å². The molecule has 21 heavy (non-hydrogen) atoms. The van der Waals surface area contributed by atoms with Crippen LogP contribution in [0.1, 0.15) is 32.1 Å². The van der Waals surface area contributed by atoms with Crippen molar-refractivity contribution >= 4 is 18.2 Å². The minimum atomic E-state index is -3.22. The molecule has 0 saturated carbocycles. The maximum absolute atomic E-state index is 12.7. The molecule has 1 atom stereocenters. The fourth-order valence-corrected chi connectivity index (χ4v) is 5.33. The molecule has 0 spiro atoms. The van der Waals surface area contributed by atoms with E-state index in [1.165, 1.54) is 11.4 Å². The number of rotatable bonds is 8. The van der Waals surface area contributed by atoms with Crippen LogP contribution in [0.15, 0.2) is 24.3 Å². The van der Waals surface area contributed by atoms with Crippen LogP contribution in [0.3, 0.4) is 0 Å². The Morgan fingerprint density at radius 1 is 1.29 bits per heavy atom. The zero-order valence-electron chi connectivity index (χ0n) is 12.3. The summed E-state index contributed by atoms with van der Waals surface area (Å²) in [5, 5.41) is 0. The second-order valence-corrected chi connectivity index (χ2v) is 8.52. The van der Waals surface area contributed by atoms with Crippen LogP contribution >= 0.6 is 18.2 Å². The van der Waals surface area contributed by atoms with Crippen LogP contribution in [0.5, 0.6) is 5.75 Å². The molecule has 7 heteroatoms. The lowest BCUT2D eigenvalue weighted by Gasteiger charge is -2.20. The number of benzene rings is 1. The van der Waals surface area contributed by atoms with E-state index in [9.17, 15) is 4.57 Å². The van der Waals surface area contributed by atoms with Crippen LogP contribution in [-0.4, -0.2) is 25.6 Å². The van der Waals surface area contributed by atoms with E-state index in [1.807, 2.05) is 25.1 Å². The van der Waals surface area contributed by atoms with Crippen molar-refractivity contribution in [2.45, 2.75) is 26.6 Å². The molecule has 2 rings (SSSR count). The Balaban J connectivity index is 2.18. The molecule has 1 fully saturated rings. The van der Waals surface area contributed by atoms with Crippen molar-refractivity contribution in [3.8, 4) is 5.75 Å². The molecule has 1 aliphatic rings. The minimum absolute atomic E-state index is 0.340. The smallest absolute Gasteiger partial charge is 0.416 e. The quantitative estimate of drug-likeness (QED) is 0.658. The van der Waals surface area contributed by atoms with Crippen LogP contribution in [0, 0.1) is 0 Å².